The highest BCUT2D eigenvalue weighted by atomic mass is 35.5. The van der Waals surface area contributed by atoms with E-state index in [0.717, 1.165) is 19.3 Å². The zero-order chi connectivity index (χ0) is 15.4. The summed E-state index contributed by atoms with van der Waals surface area (Å²) in [4.78, 5) is 26.1. The number of hydrogen-bond acceptors (Lipinski definition) is 2. The van der Waals surface area contributed by atoms with Crippen molar-refractivity contribution in [2.75, 3.05) is 13.1 Å². The van der Waals surface area contributed by atoms with E-state index in [1.807, 2.05) is 6.92 Å². The molecule has 1 fully saturated rings. The van der Waals surface area contributed by atoms with Gasteiger partial charge in [0, 0.05) is 31.0 Å². The minimum atomic E-state index is -0.0463. The van der Waals surface area contributed by atoms with E-state index in [4.69, 9.17) is 23.2 Å². The van der Waals surface area contributed by atoms with Crippen LogP contribution in [-0.4, -0.2) is 29.7 Å². The molecule has 0 radical (unpaired) electrons. The average molecular weight is 328 g/mol. The van der Waals surface area contributed by atoms with Crippen LogP contribution in [0.15, 0.2) is 18.2 Å². The number of halogens is 2. The molecular formula is C16H19Cl2NO2. The Hall–Kier alpha value is -1.06. The van der Waals surface area contributed by atoms with Crippen molar-refractivity contribution < 1.29 is 9.59 Å². The predicted molar refractivity (Wildman–Crippen MR) is 85.0 cm³/mol. The molecule has 0 spiro atoms. The van der Waals surface area contributed by atoms with Gasteiger partial charge in [-0.3, -0.25) is 9.59 Å². The van der Waals surface area contributed by atoms with Crippen LogP contribution < -0.4 is 0 Å². The number of likely N-dealkylation sites (tertiary alicyclic amines) is 1. The van der Waals surface area contributed by atoms with Gasteiger partial charge in [0.15, 0.2) is 0 Å². The number of benzene rings is 1. The summed E-state index contributed by atoms with van der Waals surface area (Å²) >= 11 is 11.8. The molecule has 0 aromatic heterocycles. The molecule has 0 aliphatic carbocycles. The molecule has 1 amide bonds. The Morgan fingerprint density at radius 1 is 1.19 bits per heavy atom. The fraction of sp³-hybridized carbons (Fsp3) is 0.500. The molecule has 1 aliphatic heterocycles. The zero-order valence-corrected chi connectivity index (χ0v) is 13.6. The van der Waals surface area contributed by atoms with Crippen molar-refractivity contribution in [3.8, 4) is 0 Å². The first-order valence-corrected chi connectivity index (χ1v) is 8.05. The number of nitrogens with zero attached hydrogens (tertiary/aromatic N) is 1. The summed E-state index contributed by atoms with van der Waals surface area (Å²) < 4.78 is 0. The van der Waals surface area contributed by atoms with Crippen molar-refractivity contribution in [2.45, 2.75) is 32.6 Å². The first-order valence-electron chi connectivity index (χ1n) is 7.30. The SMILES string of the molecule is CCCC(=O)C1CCN(C(=O)c2ccc(Cl)c(Cl)c2)CC1. The van der Waals surface area contributed by atoms with Crippen LogP contribution in [0.2, 0.25) is 10.0 Å². The Morgan fingerprint density at radius 2 is 1.86 bits per heavy atom. The van der Waals surface area contributed by atoms with Crippen molar-refractivity contribution in [1.29, 1.82) is 0 Å². The highest BCUT2D eigenvalue weighted by Gasteiger charge is 2.27. The highest BCUT2D eigenvalue weighted by molar-refractivity contribution is 6.42. The number of Topliss-reactive ketones (excluding diaryl/α,β-unsaturated/α-hetero) is 1. The molecule has 3 nitrogen and oxygen atoms in total. The Bertz CT molecular complexity index is 537. The highest BCUT2D eigenvalue weighted by Crippen LogP contribution is 2.25. The monoisotopic (exact) mass is 327 g/mol. The lowest BCUT2D eigenvalue weighted by molar-refractivity contribution is -0.124. The second kappa shape index (κ2) is 7.28. The maximum absolute atomic E-state index is 12.4. The lowest BCUT2D eigenvalue weighted by Crippen LogP contribution is -2.40. The number of hydrogen-bond donors (Lipinski definition) is 0. The van der Waals surface area contributed by atoms with Crippen LogP contribution >= 0.6 is 23.2 Å². The molecule has 21 heavy (non-hydrogen) atoms. The Balaban J connectivity index is 1.97. The largest absolute Gasteiger partial charge is 0.339 e. The van der Waals surface area contributed by atoms with E-state index in [-0.39, 0.29) is 11.8 Å². The molecule has 1 aromatic rings. The van der Waals surface area contributed by atoms with Crippen molar-refractivity contribution in [3.05, 3.63) is 33.8 Å². The van der Waals surface area contributed by atoms with Gasteiger partial charge < -0.3 is 4.90 Å². The number of piperidine rings is 1. The molecule has 1 heterocycles. The quantitative estimate of drug-likeness (QED) is 0.830. The molecule has 2 rings (SSSR count). The molecule has 1 aliphatic rings. The second-order valence-electron chi connectivity index (χ2n) is 5.41. The van der Waals surface area contributed by atoms with E-state index < -0.39 is 0 Å². The third-order valence-electron chi connectivity index (χ3n) is 3.90. The van der Waals surface area contributed by atoms with Crippen molar-refractivity contribution in [3.63, 3.8) is 0 Å². The van der Waals surface area contributed by atoms with Crippen LogP contribution in [0.25, 0.3) is 0 Å². The molecule has 5 heteroatoms. The van der Waals surface area contributed by atoms with E-state index in [1.54, 1.807) is 23.1 Å². The molecular weight excluding hydrogens is 309 g/mol. The normalized spacial score (nSPS) is 16.0. The van der Waals surface area contributed by atoms with Gasteiger partial charge in [0.2, 0.25) is 0 Å². The molecule has 0 N–H and O–H groups in total. The average Bonchev–Trinajstić information content (AvgIpc) is 2.50. The zero-order valence-electron chi connectivity index (χ0n) is 12.1. The van der Waals surface area contributed by atoms with Gasteiger partial charge in [-0.15, -0.1) is 0 Å². The summed E-state index contributed by atoms with van der Waals surface area (Å²) in [6.45, 7) is 3.26. The standard InChI is InChI=1S/C16H19Cl2NO2/c1-2-3-15(20)11-6-8-19(9-7-11)16(21)12-4-5-13(17)14(18)10-12/h4-5,10-11H,2-3,6-9H2,1H3. The molecule has 0 saturated carbocycles. The summed E-state index contributed by atoms with van der Waals surface area (Å²) in [6, 6.07) is 4.92. The number of carbonyl (C=O) groups is 2. The smallest absolute Gasteiger partial charge is 0.253 e. The maximum Gasteiger partial charge on any atom is 0.253 e. The van der Waals surface area contributed by atoms with Crippen LogP contribution in [0.3, 0.4) is 0 Å². The third kappa shape index (κ3) is 3.98. The van der Waals surface area contributed by atoms with Crippen molar-refractivity contribution >= 4 is 34.9 Å². The predicted octanol–water partition coefficient (Wildman–Crippen LogP) is 4.21. The van der Waals surface area contributed by atoms with Crippen LogP contribution in [0, 0.1) is 5.92 Å². The van der Waals surface area contributed by atoms with E-state index in [9.17, 15) is 9.59 Å². The molecule has 1 saturated heterocycles. The topological polar surface area (TPSA) is 37.4 Å². The molecule has 1 aromatic carbocycles. The van der Waals surface area contributed by atoms with Crippen LogP contribution in [0.4, 0.5) is 0 Å². The number of ketones is 1. The van der Waals surface area contributed by atoms with Crippen LogP contribution in [0.5, 0.6) is 0 Å². The van der Waals surface area contributed by atoms with E-state index in [2.05, 4.69) is 0 Å². The van der Waals surface area contributed by atoms with Gasteiger partial charge >= 0.3 is 0 Å². The Morgan fingerprint density at radius 3 is 2.43 bits per heavy atom. The molecule has 114 valence electrons. The van der Waals surface area contributed by atoms with Crippen LogP contribution in [-0.2, 0) is 4.79 Å². The fourth-order valence-electron chi connectivity index (χ4n) is 2.67. The lowest BCUT2D eigenvalue weighted by atomic mass is 9.90. The fourth-order valence-corrected chi connectivity index (χ4v) is 2.96. The first-order chi connectivity index (χ1) is 10.0. The minimum absolute atomic E-state index is 0.0463. The Kier molecular flexibility index (Phi) is 5.65. The van der Waals surface area contributed by atoms with Crippen molar-refractivity contribution in [2.24, 2.45) is 5.92 Å². The minimum Gasteiger partial charge on any atom is -0.339 e. The van der Waals surface area contributed by atoms with Gasteiger partial charge in [-0.2, -0.15) is 0 Å². The third-order valence-corrected chi connectivity index (χ3v) is 4.64. The van der Waals surface area contributed by atoms with Gasteiger partial charge in [0.05, 0.1) is 10.0 Å². The first kappa shape index (κ1) is 16.3. The summed E-state index contributed by atoms with van der Waals surface area (Å²) in [5.74, 6) is 0.400. The van der Waals surface area contributed by atoms with E-state index in [1.165, 1.54) is 0 Å². The molecule has 0 bridgehead atoms. The van der Waals surface area contributed by atoms with E-state index in [0.29, 0.717) is 40.9 Å². The number of rotatable bonds is 4. The van der Waals surface area contributed by atoms with Gasteiger partial charge in [-0.1, -0.05) is 30.1 Å². The summed E-state index contributed by atoms with van der Waals surface area (Å²) in [5, 5.41) is 0.826. The van der Waals surface area contributed by atoms with Crippen LogP contribution in [0.1, 0.15) is 43.0 Å². The van der Waals surface area contributed by atoms with E-state index >= 15 is 0 Å². The van der Waals surface area contributed by atoms with Crippen molar-refractivity contribution in [1.82, 2.24) is 4.90 Å². The summed E-state index contributed by atoms with van der Waals surface area (Å²) in [6.07, 6.45) is 3.05. The maximum atomic E-state index is 12.4. The van der Waals surface area contributed by atoms with Gasteiger partial charge in [0.25, 0.3) is 5.91 Å². The Labute approximate surface area is 135 Å². The lowest BCUT2D eigenvalue weighted by Gasteiger charge is -2.31. The molecule has 0 unspecified atom stereocenters. The van der Waals surface area contributed by atoms with Gasteiger partial charge in [-0.05, 0) is 37.5 Å². The number of carbonyl (C=O) groups excluding carboxylic acids is 2. The summed E-state index contributed by atoms with van der Waals surface area (Å²) in [7, 11) is 0. The molecule has 0 atom stereocenters. The van der Waals surface area contributed by atoms with Gasteiger partial charge in [-0.25, -0.2) is 0 Å². The second-order valence-corrected chi connectivity index (χ2v) is 6.23. The summed E-state index contributed by atoms with van der Waals surface area (Å²) in [5.41, 5.74) is 0.544. The van der Waals surface area contributed by atoms with Gasteiger partial charge in [0.1, 0.15) is 5.78 Å². The number of amides is 1.